The van der Waals surface area contributed by atoms with E-state index in [0.29, 0.717) is 18.7 Å². The van der Waals surface area contributed by atoms with E-state index in [0.717, 1.165) is 51.4 Å². The molecule has 0 atom stereocenters. The van der Waals surface area contributed by atoms with Crippen molar-refractivity contribution < 1.29 is 4.79 Å². The summed E-state index contributed by atoms with van der Waals surface area (Å²) in [6, 6.07) is 15.9. The van der Waals surface area contributed by atoms with Gasteiger partial charge in [-0.15, -0.1) is 0 Å². The first-order valence-electron chi connectivity index (χ1n) is 10.6. The van der Waals surface area contributed by atoms with Gasteiger partial charge >= 0.3 is 0 Å². The number of hydrogen-bond donors (Lipinski definition) is 0. The summed E-state index contributed by atoms with van der Waals surface area (Å²) < 4.78 is 2.71. The number of rotatable bonds is 3. The van der Waals surface area contributed by atoms with Crippen LogP contribution in [0.4, 0.5) is 5.82 Å². The Morgan fingerprint density at radius 3 is 2.47 bits per heavy atom. The number of halogens is 1. The second-order valence-corrected chi connectivity index (χ2v) is 8.86. The zero-order valence-electron chi connectivity index (χ0n) is 18.0. The maximum Gasteiger partial charge on any atom is 0.254 e. The molecule has 0 saturated carbocycles. The molecule has 1 amide bonds. The zero-order chi connectivity index (χ0) is 22.2. The Balaban J connectivity index is 1.46. The van der Waals surface area contributed by atoms with E-state index in [-0.39, 0.29) is 5.91 Å². The van der Waals surface area contributed by atoms with Gasteiger partial charge in [-0.1, -0.05) is 30.3 Å². The largest absolute Gasteiger partial charge is 0.353 e. The molecule has 0 radical (unpaired) electrons. The van der Waals surface area contributed by atoms with Gasteiger partial charge in [-0.05, 0) is 41.1 Å². The first-order chi connectivity index (χ1) is 15.5. The molecule has 3 aromatic heterocycles. The molecular formula is C24H23BrN6O. The van der Waals surface area contributed by atoms with Gasteiger partial charge in [-0.3, -0.25) is 9.48 Å². The van der Waals surface area contributed by atoms with Crippen LogP contribution in [0.5, 0.6) is 0 Å². The molecule has 0 N–H and O–H groups in total. The number of hydrogen-bond acceptors (Lipinski definition) is 5. The van der Waals surface area contributed by atoms with Crippen molar-refractivity contribution in [2.75, 3.05) is 31.1 Å². The van der Waals surface area contributed by atoms with E-state index in [4.69, 9.17) is 4.98 Å². The predicted octanol–water partition coefficient (Wildman–Crippen LogP) is 4.06. The minimum absolute atomic E-state index is 0.0223. The second-order valence-electron chi connectivity index (χ2n) is 7.94. The van der Waals surface area contributed by atoms with Crippen LogP contribution in [-0.4, -0.2) is 56.7 Å². The summed E-state index contributed by atoms with van der Waals surface area (Å²) in [5.74, 6) is 0.954. The number of carbonyl (C=O) groups excluding carboxylic acids is 1. The number of aryl methyl sites for hydroxylation is 2. The Kier molecular flexibility index (Phi) is 5.38. The maximum absolute atomic E-state index is 13.7. The van der Waals surface area contributed by atoms with Gasteiger partial charge in [0.1, 0.15) is 5.82 Å². The van der Waals surface area contributed by atoms with Crippen LogP contribution >= 0.6 is 15.9 Å². The van der Waals surface area contributed by atoms with E-state index in [1.807, 2.05) is 67.4 Å². The number of carbonyl (C=O) groups is 1. The number of anilines is 1. The van der Waals surface area contributed by atoms with Crippen LogP contribution in [0.1, 0.15) is 16.1 Å². The van der Waals surface area contributed by atoms with Crippen molar-refractivity contribution in [1.29, 1.82) is 0 Å². The van der Waals surface area contributed by atoms with Crippen molar-refractivity contribution in [1.82, 2.24) is 24.6 Å². The summed E-state index contributed by atoms with van der Waals surface area (Å²) in [5.41, 5.74) is 3.96. The lowest BCUT2D eigenvalue weighted by Gasteiger charge is -2.35. The summed E-state index contributed by atoms with van der Waals surface area (Å²) in [7, 11) is 1.87. The third-order valence-corrected chi connectivity index (χ3v) is 6.34. The number of fused-ring (bicyclic) bond motifs is 1. The van der Waals surface area contributed by atoms with Crippen molar-refractivity contribution >= 4 is 38.7 Å². The van der Waals surface area contributed by atoms with Crippen molar-refractivity contribution in [3.8, 4) is 11.3 Å². The molecule has 0 unspecified atom stereocenters. The van der Waals surface area contributed by atoms with Crippen LogP contribution < -0.4 is 4.90 Å². The van der Waals surface area contributed by atoms with Gasteiger partial charge in [0.2, 0.25) is 0 Å². The lowest BCUT2D eigenvalue weighted by Crippen LogP contribution is -2.49. The second kappa shape index (κ2) is 8.35. The topological polar surface area (TPSA) is 67.2 Å². The van der Waals surface area contributed by atoms with E-state index < -0.39 is 0 Å². The lowest BCUT2D eigenvalue weighted by atomic mass is 10.0. The highest BCUT2D eigenvalue weighted by molar-refractivity contribution is 9.10. The van der Waals surface area contributed by atoms with Crippen LogP contribution in [0.15, 0.2) is 59.2 Å². The van der Waals surface area contributed by atoms with E-state index in [9.17, 15) is 4.79 Å². The first-order valence-corrected chi connectivity index (χ1v) is 11.4. The molecule has 1 aromatic carbocycles. The van der Waals surface area contributed by atoms with Crippen molar-refractivity contribution in [2.24, 2.45) is 7.05 Å². The molecule has 32 heavy (non-hydrogen) atoms. The first kappa shape index (κ1) is 20.6. The molecule has 8 heteroatoms. The predicted molar refractivity (Wildman–Crippen MR) is 129 cm³/mol. The molecule has 1 aliphatic rings. The fourth-order valence-corrected chi connectivity index (χ4v) is 4.47. The van der Waals surface area contributed by atoms with Crippen molar-refractivity contribution in [3.05, 3.63) is 70.5 Å². The summed E-state index contributed by atoms with van der Waals surface area (Å²) in [4.78, 5) is 27.1. The normalized spacial score (nSPS) is 14.2. The molecule has 7 nitrogen and oxygen atoms in total. The summed E-state index contributed by atoms with van der Waals surface area (Å²) in [6.07, 6.45) is 1.80. The fourth-order valence-electron chi connectivity index (χ4n) is 4.23. The van der Waals surface area contributed by atoms with Gasteiger partial charge in [-0.25, -0.2) is 9.97 Å². The fraction of sp³-hybridized carbons (Fsp3) is 0.250. The smallest absolute Gasteiger partial charge is 0.254 e. The van der Waals surface area contributed by atoms with Gasteiger partial charge in [0, 0.05) is 49.5 Å². The molecule has 4 aromatic rings. The molecule has 0 bridgehead atoms. The molecular weight excluding hydrogens is 468 g/mol. The molecule has 0 spiro atoms. The van der Waals surface area contributed by atoms with Gasteiger partial charge in [0.15, 0.2) is 5.65 Å². The van der Waals surface area contributed by atoms with Gasteiger partial charge in [-0.2, -0.15) is 5.10 Å². The number of benzene rings is 1. The number of aromatic nitrogens is 4. The summed E-state index contributed by atoms with van der Waals surface area (Å²) in [5, 5.41) is 5.36. The average Bonchev–Trinajstić information content (AvgIpc) is 3.12. The minimum atomic E-state index is 0.0223. The number of nitrogens with zero attached hydrogens (tertiary/aromatic N) is 6. The lowest BCUT2D eigenvalue weighted by molar-refractivity contribution is 0.0748. The Morgan fingerprint density at radius 1 is 1.03 bits per heavy atom. The standard InChI is InChI=1S/C24H23BrN6O/c1-16-22-19(14-20(17-6-4-3-5-7-17)27-23(22)29(2)28-16)24(32)31-12-10-30(11-13-31)21-9-8-18(25)15-26-21/h3-9,14-15H,10-13H2,1-2H3. The Hall–Kier alpha value is -3.26. The molecule has 1 fully saturated rings. The Labute approximate surface area is 194 Å². The Morgan fingerprint density at radius 2 is 1.78 bits per heavy atom. The molecule has 1 aliphatic heterocycles. The van der Waals surface area contributed by atoms with Crippen LogP contribution in [0.2, 0.25) is 0 Å². The number of amides is 1. The SMILES string of the molecule is Cc1nn(C)c2nc(-c3ccccc3)cc(C(=O)N3CCN(c4ccc(Br)cn4)CC3)c12. The van der Waals surface area contributed by atoms with E-state index in [2.05, 4.69) is 30.9 Å². The van der Waals surface area contributed by atoms with Gasteiger partial charge < -0.3 is 9.80 Å². The third-order valence-electron chi connectivity index (χ3n) is 5.87. The van der Waals surface area contributed by atoms with Crippen molar-refractivity contribution in [2.45, 2.75) is 6.92 Å². The summed E-state index contributed by atoms with van der Waals surface area (Å²) >= 11 is 3.43. The summed E-state index contributed by atoms with van der Waals surface area (Å²) in [6.45, 7) is 4.69. The van der Waals surface area contributed by atoms with Crippen LogP contribution in [0.25, 0.3) is 22.3 Å². The third kappa shape index (κ3) is 3.75. The van der Waals surface area contributed by atoms with E-state index >= 15 is 0 Å². The van der Waals surface area contributed by atoms with Crippen LogP contribution in [0.3, 0.4) is 0 Å². The average molecular weight is 491 g/mol. The van der Waals surface area contributed by atoms with E-state index in [1.54, 1.807) is 10.9 Å². The quantitative estimate of drug-likeness (QED) is 0.433. The monoisotopic (exact) mass is 490 g/mol. The molecule has 1 saturated heterocycles. The molecule has 5 rings (SSSR count). The van der Waals surface area contributed by atoms with Crippen LogP contribution in [0, 0.1) is 6.92 Å². The Bertz CT molecular complexity index is 1280. The van der Waals surface area contributed by atoms with Gasteiger partial charge in [0.05, 0.1) is 22.3 Å². The van der Waals surface area contributed by atoms with E-state index in [1.165, 1.54) is 0 Å². The minimum Gasteiger partial charge on any atom is -0.353 e. The maximum atomic E-state index is 13.7. The molecule has 4 heterocycles. The highest BCUT2D eigenvalue weighted by atomic mass is 79.9. The number of pyridine rings is 2. The zero-order valence-corrected chi connectivity index (χ0v) is 19.6. The molecule has 0 aliphatic carbocycles. The molecule has 162 valence electrons. The number of piperazine rings is 1. The highest BCUT2D eigenvalue weighted by Crippen LogP contribution is 2.28. The highest BCUT2D eigenvalue weighted by Gasteiger charge is 2.26. The van der Waals surface area contributed by atoms with Crippen LogP contribution in [-0.2, 0) is 7.05 Å². The van der Waals surface area contributed by atoms with Gasteiger partial charge in [0.25, 0.3) is 5.91 Å². The van der Waals surface area contributed by atoms with Crippen molar-refractivity contribution in [3.63, 3.8) is 0 Å².